The van der Waals surface area contributed by atoms with Crippen LogP contribution >= 0.6 is 0 Å². The lowest BCUT2D eigenvalue weighted by atomic mass is 10.0. The van der Waals surface area contributed by atoms with E-state index in [0.717, 1.165) is 5.52 Å². The summed E-state index contributed by atoms with van der Waals surface area (Å²) in [5, 5.41) is 1.18. The Hall–Kier alpha value is -2.87. The van der Waals surface area contributed by atoms with Crippen LogP contribution in [0.25, 0.3) is 23.1 Å². The summed E-state index contributed by atoms with van der Waals surface area (Å²) in [6.07, 6.45) is 8.42. The van der Waals surface area contributed by atoms with E-state index in [1.807, 2.05) is 18.3 Å². The highest BCUT2D eigenvalue weighted by molar-refractivity contribution is 5.90. The third-order valence-electron chi connectivity index (χ3n) is 4.11. The summed E-state index contributed by atoms with van der Waals surface area (Å²) in [4.78, 5) is 6.66. The molecule has 106 valence electrons. The van der Waals surface area contributed by atoms with Gasteiger partial charge in [-0.05, 0) is 41.5 Å². The zero-order valence-corrected chi connectivity index (χ0v) is 12.4. The number of rotatable bonds is 1. The molecule has 0 aliphatic carbocycles. The highest BCUT2D eigenvalue weighted by Crippen LogP contribution is 2.30. The van der Waals surface area contributed by atoms with Crippen LogP contribution in [0.2, 0.25) is 0 Å². The molecule has 0 unspecified atom stereocenters. The van der Waals surface area contributed by atoms with Crippen molar-refractivity contribution in [3.05, 3.63) is 83.7 Å². The van der Waals surface area contributed by atoms with Crippen molar-refractivity contribution in [1.29, 1.82) is 0 Å². The van der Waals surface area contributed by atoms with Gasteiger partial charge in [-0.15, -0.1) is 0 Å². The standard InChI is InChI=1S/C20H16N2/c1-22-17(11-10-15-6-2-5-9-20(15)22)14-16-12-13-21-19-8-4-3-7-18(16)19/h2-14H,1H3/b17-14-. The number of fused-ring (bicyclic) bond motifs is 2. The third-order valence-corrected chi connectivity index (χ3v) is 4.11. The SMILES string of the molecule is CN1/C(=C\c2ccnc3ccccc23)C=Cc2ccccc21. The molecular formula is C20H16N2. The molecule has 0 saturated heterocycles. The largest absolute Gasteiger partial charge is 0.344 e. The van der Waals surface area contributed by atoms with E-state index in [-0.39, 0.29) is 0 Å². The highest BCUT2D eigenvalue weighted by atomic mass is 15.1. The van der Waals surface area contributed by atoms with E-state index in [0.29, 0.717) is 0 Å². The Morgan fingerprint density at radius 3 is 2.68 bits per heavy atom. The predicted octanol–water partition coefficient (Wildman–Crippen LogP) is 4.74. The second kappa shape index (κ2) is 5.15. The highest BCUT2D eigenvalue weighted by Gasteiger charge is 2.13. The number of likely N-dealkylation sites (N-methyl/N-ethyl adjacent to an activating group) is 1. The Kier molecular flexibility index (Phi) is 3.01. The maximum atomic E-state index is 4.43. The fourth-order valence-electron chi connectivity index (χ4n) is 2.91. The van der Waals surface area contributed by atoms with Gasteiger partial charge in [-0.1, -0.05) is 42.5 Å². The van der Waals surface area contributed by atoms with Crippen molar-refractivity contribution in [3.63, 3.8) is 0 Å². The summed E-state index contributed by atoms with van der Waals surface area (Å²) < 4.78 is 0. The lowest BCUT2D eigenvalue weighted by molar-refractivity contribution is 1.13. The summed E-state index contributed by atoms with van der Waals surface area (Å²) in [6.45, 7) is 0. The first-order valence-corrected chi connectivity index (χ1v) is 7.39. The van der Waals surface area contributed by atoms with Crippen molar-refractivity contribution in [3.8, 4) is 0 Å². The number of benzene rings is 2. The number of hydrogen-bond acceptors (Lipinski definition) is 2. The van der Waals surface area contributed by atoms with Gasteiger partial charge in [-0.2, -0.15) is 0 Å². The molecular weight excluding hydrogens is 268 g/mol. The number of hydrogen-bond donors (Lipinski definition) is 0. The van der Waals surface area contributed by atoms with Crippen molar-refractivity contribution in [1.82, 2.24) is 4.98 Å². The van der Waals surface area contributed by atoms with Gasteiger partial charge < -0.3 is 4.90 Å². The zero-order valence-electron chi connectivity index (χ0n) is 12.4. The van der Waals surface area contributed by atoms with Gasteiger partial charge in [0.2, 0.25) is 0 Å². The van der Waals surface area contributed by atoms with Gasteiger partial charge in [0.25, 0.3) is 0 Å². The molecule has 3 aromatic rings. The molecule has 1 aliphatic heterocycles. The minimum Gasteiger partial charge on any atom is -0.344 e. The fourth-order valence-corrected chi connectivity index (χ4v) is 2.91. The molecule has 0 amide bonds. The number of anilines is 1. The maximum Gasteiger partial charge on any atom is 0.0707 e. The maximum absolute atomic E-state index is 4.43. The van der Waals surface area contributed by atoms with Gasteiger partial charge in [0.1, 0.15) is 0 Å². The minimum absolute atomic E-state index is 1.03. The Balaban J connectivity index is 1.84. The van der Waals surface area contributed by atoms with Gasteiger partial charge in [-0.25, -0.2) is 0 Å². The first-order valence-electron chi connectivity index (χ1n) is 7.39. The number of para-hydroxylation sites is 2. The van der Waals surface area contributed by atoms with Crippen molar-refractivity contribution in [2.75, 3.05) is 11.9 Å². The molecule has 22 heavy (non-hydrogen) atoms. The van der Waals surface area contributed by atoms with Gasteiger partial charge in [0.15, 0.2) is 0 Å². The zero-order chi connectivity index (χ0) is 14.9. The van der Waals surface area contributed by atoms with Gasteiger partial charge in [0, 0.05) is 30.0 Å². The topological polar surface area (TPSA) is 16.1 Å². The molecule has 2 heteroatoms. The lowest BCUT2D eigenvalue weighted by Crippen LogP contribution is -2.18. The van der Waals surface area contributed by atoms with E-state index >= 15 is 0 Å². The van der Waals surface area contributed by atoms with Crippen LogP contribution in [0.15, 0.2) is 72.6 Å². The van der Waals surface area contributed by atoms with Crippen LogP contribution < -0.4 is 4.90 Å². The average Bonchev–Trinajstić information content (AvgIpc) is 2.58. The third kappa shape index (κ3) is 2.09. The van der Waals surface area contributed by atoms with Crippen LogP contribution in [0, 0.1) is 0 Å². The quantitative estimate of drug-likeness (QED) is 0.641. The summed E-state index contributed by atoms with van der Waals surface area (Å²) in [7, 11) is 2.11. The second-order valence-corrected chi connectivity index (χ2v) is 5.44. The summed E-state index contributed by atoms with van der Waals surface area (Å²) in [5.74, 6) is 0. The molecule has 0 bridgehead atoms. The van der Waals surface area contributed by atoms with Crippen molar-refractivity contribution < 1.29 is 0 Å². The first kappa shape index (κ1) is 12.8. The van der Waals surface area contributed by atoms with Crippen LogP contribution in [0.1, 0.15) is 11.1 Å². The summed E-state index contributed by atoms with van der Waals surface area (Å²) >= 11 is 0. The lowest BCUT2D eigenvalue weighted by Gasteiger charge is -2.26. The van der Waals surface area contributed by atoms with Gasteiger partial charge >= 0.3 is 0 Å². The van der Waals surface area contributed by atoms with Crippen molar-refractivity contribution >= 4 is 28.7 Å². The van der Waals surface area contributed by atoms with E-state index < -0.39 is 0 Å². The number of pyridine rings is 1. The van der Waals surface area contributed by atoms with Gasteiger partial charge in [0.05, 0.1) is 5.52 Å². The molecule has 2 nitrogen and oxygen atoms in total. The average molecular weight is 284 g/mol. The molecule has 0 atom stereocenters. The van der Waals surface area contributed by atoms with Crippen LogP contribution in [-0.2, 0) is 0 Å². The number of nitrogens with zero attached hydrogens (tertiary/aromatic N) is 2. The van der Waals surface area contributed by atoms with Crippen LogP contribution in [0.4, 0.5) is 5.69 Å². The Morgan fingerprint density at radius 2 is 1.73 bits per heavy atom. The molecule has 0 spiro atoms. The molecule has 1 aromatic heterocycles. The van der Waals surface area contributed by atoms with E-state index in [2.05, 4.69) is 77.6 Å². The smallest absolute Gasteiger partial charge is 0.0707 e. The molecule has 0 fully saturated rings. The normalized spacial score (nSPS) is 15.3. The van der Waals surface area contributed by atoms with Crippen LogP contribution in [0.5, 0.6) is 0 Å². The Bertz CT molecular complexity index is 901. The molecule has 0 radical (unpaired) electrons. The van der Waals surface area contributed by atoms with Crippen LogP contribution in [0.3, 0.4) is 0 Å². The predicted molar refractivity (Wildman–Crippen MR) is 93.6 cm³/mol. The minimum atomic E-state index is 1.03. The van der Waals surface area contributed by atoms with E-state index in [4.69, 9.17) is 0 Å². The van der Waals surface area contributed by atoms with Crippen LogP contribution in [-0.4, -0.2) is 12.0 Å². The molecule has 0 N–H and O–H groups in total. The molecule has 0 saturated carbocycles. The Labute approximate surface area is 130 Å². The molecule has 2 aromatic carbocycles. The monoisotopic (exact) mass is 284 g/mol. The molecule has 4 rings (SSSR count). The first-order chi connectivity index (χ1) is 10.8. The van der Waals surface area contributed by atoms with E-state index in [1.165, 1.54) is 27.9 Å². The van der Waals surface area contributed by atoms with E-state index in [9.17, 15) is 0 Å². The summed E-state index contributed by atoms with van der Waals surface area (Å²) in [6, 6.07) is 18.8. The number of aromatic nitrogens is 1. The van der Waals surface area contributed by atoms with Gasteiger partial charge in [-0.3, -0.25) is 4.98 Å². The summed E-state index contributed by atoms with van der Waals surface area (Å²) in [5.41, 5.74) is 5.88. The molecule has 2 heterocycles. The molecule has 1 aliphatic rings. The fraction of sp³-hybridized carbons (Fsp3) is 0.0500. The Morgan fingerprint density at radius 1 is 0.909 bits per heavy atom. The van der Waals surface area contributed by atoms with E-state index in [1.54, 1.807) is 0 Å². The second-order valence-electron chi connectivity index (χ2n) is 5.44. The van der Waals surface area contributed by atoms with Crippen molar-refractivity contribution in [2.45, 2.75) is 0 Å². The van der Waals surface area contributed by atoms with Crippen molar-refractivity contribution in [2.24, 2.45) is 0 Å². The number of allylic oxidation sites excluding steroid dienone is 1.